The lowest BCUT2D eigenvalue weighted by molar-refractivity contribution is 0.0621. The van der Waals surface area contributed by atoms with E-state index in [9.17, 15) is 4.79 Å². The summed E-state index contributed by atoms with van der Waals surface area (Å²) in [5.41, 5.74) is 3.93. The van der Waals surface area contributed by atoms with Crippen LogP contribution in [0.4, 0.5) is 0 Å². The predicted molar refractivity (Wildman–Crippen MR) is 96.6 cm³/mol. The molecule has 1 amide bonds. The van der Waals surface area contributed by atoms with Crippen LogP contribution in [-0.4, -0.2) is 58.6 Å². The second-order valence-electron chi connectivity index (χ2n) is 6.65. The van der Waals surface area contributed by atoms with Crippen LogP contribution >= 0.6 is 11.6 Å². The zero-order valence-electron chi connectivity index (χ0n) is 14.1. The van der Waals surface area contributed by atoms with Crippen LogP contribution in [-0.2, 0) is 19.5 Å². The van der Waals surface area contributed by atoms with Gasteiger partial charge in [-0.25, -0.2) is 0 Å². The molecule has 7 heteroatoms. The highest BCUT2D eigenvalue weighted by Gasteiger charge is 2.28. The minimum atomic E-state index is 0.0450. The average molecular weight is 360 g/mol. The predicted octanol–water partition coefficient (Wildman–Crippen LogP) is 1.67. The van der Waals surface area contributed by atoms with E-state index in [-0.39, 0.29) is 5.91 Å². The molecule has 25 heavy (non-hydrogen) atoms. The Morgan fingerprint density at radius 1 is 1.24 bits per heavy atom. The summed E-state index contributed by atoms with van der Waals surface area (Å²) in [6.07, 6.45) is 0.906. The third kappa shape index (κ3) is 3.56. The minimum Gasteiger partial charge on any atom is -0.335 e. The highest BCUT2D eigenvalue weighted by atomic mass is 35.5. The monoisotopic (exact) mass is 359 g/mol. The highest BCUT2D eigenvalue weighted by Crippen LogP contribution is 2.19. The van der Waals surface area contributed by atoms with Gasteiger partial charge in [-0.05, 0) is 17.7 Å². The van der Waals surface area contributed by atoms with Crippen molar-refractivity contribution >= 4 is 17.5 Å². The van der Waals surface area contributed by atoms with Gasteiger partial charge >= 0.3 is 0 Å². The van der Waals surface area contributed by atoms with Crippen LogP contribution in [0.5, 0.6) is 0 Å². The lowest BCUT2D eigenvalue weighted by Crippen LogP contribution is -2.48. The molecule has 0 aliphatic carbocycles. The number of piperazine rings is 1. The zero-order valence-corrected chi connectivity index (χ0v) is 14.9. The number of aromatic amines is 1. The smallest absolute Gasteiger partial charge is 0.274 e. The van der Waals surface area contributed by atoms with Gasteiger partial charge in [0.1, 0.15) is 0 Å². The lowest BCUT2D eigenvalue weighted by Gasteiger charge is -2.34. The zero-order chi connectivity index (χ0) is 17.2. The number of carbonyl (C=O) groups is 1. The summed E-state index contributed by atoms with van der Waals surface area (Å²) in [5, 5.41) is 11.4. The van der Waals surface area contributed by atoms with Gasteiger partial charge in [0.2, 0.25) is 0 Å². The Labute approximate surface area is 152 Å². The summed E-state index contributed by atoms with van der Waals surface area (Å²) in [6, 6.07) is 7.96. The molecule has 0 unspecified atom stereocenters. The SMILES string of the molecule is O=C(c1n[nH]c2c1CNCC2)N1CCN(Cc2cccc(Cl)c2)CC1. The van der Waals surface area contributed by atoms with E-state index in [1.807, 2.05) is 23.1 Å². The third-order valence-electron chi connectivity index (χ3n) is 4.96. The van der Waals surface area contributed by atoms with E-state index in [4.69, 9.17) is 11.6 Å². The van der Waals surface area contributed by atoms with Gasteiger partial charge < -0.3 is 10.2 Å². The van der Waals surface area contributed by atoms with Crippen LogP contribution in [0.2, 0.25) is 5.02 Å². The molecule has 4 rings (SSSR count). The third-order valence-corrected chi connectivity index (χ3v) is 5.20. The second-order valence-corrected chi connectivity index (χ2v) is 7.09. The molecule has 0 radical (unpaired) electrons. The number of hydrogen-bond acceptors (Lipinski definition) is 4. The summed E-state index contributed by atoms with van der Waals surface area (Å²) in [4.78, 5) is 17.1. The van der Waals surface area contributed by atoms with E-state index in [0.717, 1.165) is 68.5 Å². The van der Waals surface area contributed by atoms with E-state index < -0.39 is 0 Å². The Bertz CT molecular complexity index is 767. The number of halogens is 1. The van der Waals surface area contributed by atoms with Gasteiger partial charge in [-0.15, -0.1) is 0 Å². The maximum atomic E-state index is 12.8. The van der Waals surface area contributed by atoms with Crippen LogP contribution in [0.25, 0.3) is 0 Å². The van der Waals surface area contributed by atoms with E-state index >= 15 is 0 Å². The number of aromatic nitrogens is 2. The number of carbonyl (C=O) groups excluding carboxylic acids is 1. The van der Waals surface area contributed by atoms with Gasteiger partial charge in [-0.1, -0.05) is 23.7 Å². The first-order chi connectivity index (χ1) is 12.2. The Hall–Kier alpha value is -1.89. The number of rotatable bonds is 3. The van der Waals surface area contributed by atoms with Crippen LogP contribution in [0.1, 0.15) is 27.3 Å². The van der Waals surface area contributed by atoms with Crippen molar-refractivity contribution in [3.8, 4) is 0 Å². The Kier molecular flexibility index (Phi) is 4.74. The first kappa shape index (κ1) is 16.6. The molecule has 132 valence electrons. The largest absolute Gasteiger partial charge is 0.335 e. The van der Waals surface area contributed by atoms with E-state index in [0.29, 0.717) is 5.69 Å². The van der Waals surface area contributed by atoms with Crippen LogP contribution < -0.4 is 5.32 Å². The highest BCUT2D eigenvalue weighted by molar-refractivity contribution is 6.30. The van der Waals surface area contributed by atoms with E-state index in [1.165, 1.54) is 5.56 Å². The summed E-state index contributed by atoms with van der Waals surface area (Å²) in [5.74, 6) is 0.0450. The fourth-order valence-corrected chi connectivity index (χ4v) is 3.77. The Morgan fingerprint density at radius 2 is 2.08 bits per heavy atom. The van der Waals surface area contributed by atoms with Gasteiger partial charge in [-0.2, -0.15) is 5.10 Å². The van der Waals surface area contributed by atoms with Crippen molar-refractivity contribution in [1.29, 1.82) is 0 Å². The second kappa shape index (κ2) is 7.15. The van der Waals surface area contributed by atoms with E-state index in [1.54, 1.807) is 0 Å². The van der Waals surface area contributed by atoms with Crippen molar-refractivity contribution in [2.45, 2.75) is 19.5 Å². The van der Waals surface area contributed by atoms with Crippen molar-refractivity contribution in [2.75, 3.05) is 32.7 Å². The molecule has 0 atom stereocenters. The number of fused-ring (bicyclic) bond motifs is 1. The van der Waals surface area contributed by atoms with Crippen LogP contribution in [0.3, 0.4) is 0 Å². The summed E-state index contributed by atoms with van der Waals surface area (Å²) in [6.45, 7) is 5.71. The molecular formula is C18H22ClN5O. The molecule has 1 fully saturated rings. The Balaban J connectivity index is 1.37. The number of amides is 1. The fourth-order valence-electron chi connectivity index (χ4n) is 3.55. The first-order valence-corrected chi connectivity index (χ1v) is 9.11. The molecule has 2 aliphatic heterocycles. The van der Waals surface area contributed by atoms with Gasteiger partial charge in [0, 0.05) is 68.5 Å². The molecule has 1 aromatic carbocycles. The lowest BCUT2D eigenvalue weighted by atomic mass is 10.1. The topological polar surface area (TPSA) is 64.3 Å². The van der Waals surface area contributed by atoms with Gasteiger partial charge in [0.15, 0.2) is 5.69 Å². The number of hydrogen-bond donors (Lipinski definition) is 2. The van der Waals surface area contributed by atoms with Crippen molar-refractivity contribution < 1.29 is 4.79 Å². The van der Waals surface area contributed by atoms with Crippen LogP contribution in [0.15, 0.2) is 24.3 Å². The molecule has 0 saturated carbocycles. The standard InChI is InChI=1S/C18H22ClN5O/c19-14-3-1-2-13(10-14)12-23-6-8-24(9-7-23)18(25)17-15-11-20-5-4-16(15)21-22-17/h1-3,10,20H,4-9,11-12H2,(H,21,22). The Morgan fingerprint density at radius 3 is 2.88 bits per heavy atom. The molecular weight excluding hydrogens is 338 g/mol. The fraction of sp³-hybridized carbons (Fsp3) is 0.444. The number of nitrogens with zero attached hydrogens (tertiary/aromatic N) is 3. The van der Waals surface area contributed by atoms with Crippen molar-refractivity contribution in [1.82, 2.24) is 25.3 Å². The molecule has 0 bridgehead atoms. The first-order valence-electron chi connectivity index (χ1n) is 8.73. The van der Waals surface area contributed by atoms with Crippen LogP contribution in [0, 0.1) is 0 Å². The molecule has 1 aromatic heterocycles. The molecule has 0 spiro atoms. The van der Waals surface area contributed by atoms with Gasteiger partial charge in [0.25, 0.3) is 5.91 Å². The quantitative estimate of drug-likeness (QED) is 0.875. The normalized spacial score (nSPS) is 18.2. The molecule has 1 saturated heterocycles. The van der Waals surface area contributed by atoms with Crippen molar-refractivity contribution in [3.05, 3.63) is 51.8 Å². The van der Waals surface area contributed by atoms with Gasteiger partial charge in [0.05, 0.1) is 0 Å². The molecule has 2 N–H and O–H groups in total. The molecule has 2 aliphatic rings. The van der Waals surface area contributed by atoms with E-state index in [2.05, 4.69) is 26.5 Å². The van der Waals surface area contributed by atoms with Gasteiger partial charge in [-0.3, -0.25) is 14.8 Å². The molecule has 2 aromatic rings. The molecule has 3 heterocycles. The molecule has 6 nitrogen and oxygen atoms in total. The summed E-state index contributed by atoms with van der Waals surface area (Å²) in [7, 11) is 0. The summed E-state index contributed by atoms with van der Waals surface area (Å²) >= 11 is 6.06. The number of nitrogens with one attached hydrogen (secondary N) is 2. The number of H-pyrrole nitrogens is 1. The summed E-state index contributed by atoms with van der Waals surface area (Å²) < 4.78 is 0. The maximum absolute atomic E-state index is 12.8. The van der Waals surface area contributed by atoms with Crippen molar-refractivity contribution in [3.63, 3.8) is 0 Å². The van der Waals surface area contributed by atoms with Crippen molar-refractivity contribution in [2.24, 2.45) is 0 Å². The minimum absolute atomic E-state index is 0.0450. The maximum Gasteiger partial charge on any atom is 0.274 e. The number of benzene rings is 1. The average Bonchev–Trinajstić information content (AvgIpc) is 3.06.